The Bertz CT molecular complexity index is 833. The van der Waals surface area contributed by atoms with Gasteiger partial charge in [-0.3, -0.25) is 9.48 Å². The first-order chi connectivity index (χ1) is 12.5. The number of aliphatic carboxylic acids is 1. The van der Waals surface area contributed by atoms with Crippen molar-refractivity contribution in [1.29, 1.82) is 0 Å². The van der Waals surface area contributed by atoms with Crippen molar-refractivity contribution < 1.29 is 19.4 Å². The van der Waals surface area contributed by atoms with Crippen LogP contribution in [0.4, 0.5) is 0 Å². The first kappa shape index (κ1) is 16.8. The number of hydrogen-bond donors (Lipinski definition) is 1. The van der Waals surface area contributed by atoms with Crippen molar-refractivity contribution in [3.8, 4) is 0 Å². The molecule has 0 bridgehead atoms. The van der Waals surface area contributed by atoms with Crippen LogP contribution in [0, 0.1) is 0 Å². The average Bonchev–Trinajstić information content (AvgIpc) is 3.30. The Morgan fingerprint density at radius 2 is 2.08 bits per heavy atom. The van der Waals surface area contributed by atoms with Crippen LogP contribution >= 0.6 is 0 Å². The second-order valence-electron chi connectivity index (χ2n) is 6.87. The zero-order chi connectivity index (χ0) is 18.3. The van der Waals surface area contributed by atoms with Crippen molar-refractivity contribution >= 4 is 11.9 Å². The van der Waals surface area contributed by atoms with E-state index >= 15 is 0 Å². The van der Waals surface area contributed by atoms with Crippen molar-refractivity contribution in [2.75, 3.05) is 6.61 Å². The number of benzene rings is 1. The minimum atomic E-state index is -0.989. The molecule has 1 aromatic carbocycles. The lowest BCUT2D eigenvalue weighted by Gasteiger charge is -2.25. The highest BCUT2D eigenvalue weighted by Crippen LogP contribution is 2.34. The third-order valence-corrected chi connectivity index (χ3v) is 5.27. The maximum atomic E-state index is 13.1. The van der Waals surface area contributed by atoms with Gasteiger partial charge in [-0.1, -0.05) is 30.3 Å². The fourth-order valence-electron chi connectivity index (χ4n) is 3.97. The molecule has 7 heteroatoms. The van der Waals surface area contributed by atoms with E-state index in [0.717, 1.165) is 11.3 Å². The van der Waals surface area contributed by atoms with Crippen LogP contribution in [0.5, 0.6) is 0 Å². The van der Waals surface area contributed by atoms with Crippen LogP contribution in [-0.4, -0.2) is 56.5 Å². The number of carbonyl (C=O) groups excluding carboxylic acids is 1. The third kappa shape index (κ3) is 2.88. The number of hydrogen-bond acceptors (Lipinski definition) is 4. The molecule has 4 rings (SSSR count). The van der Waals surface area contributed by atoms with Crippen LogP contribution in [0.3, 0.4) is 0 Å². The number of ether oxygens (including phenoxy) is 1. The number of carboxylic acid groups (broad SMARTS) is 1. The molecule has 1 N–H and O–H groups in total. The van der Waals surface area contributed by atoms with Gasteiger partial charge in [0, 0.05) is 32.2 Å². The van der Waals surface area contributed by atoms with Gasteiger partial charge >= 0.3 is 5.97 Å². The Balaban J connectivity index is 1.59. The SMILES string of the molecule is Cn1nc(C(=O)N2[C@H](C(=O)O)C[C@@H]3OCC[C@@H]32)cc1Cc1ccccc1. The number of amides is 1. The van der Waals surface area contributed by atoms with Gasteiger partial charge in [-0.25, -0.2) is 4.79 Å². The zero-order valence-electron chi connectivity index (χ0n) is 14.5. The maximum Gasteiger partial charge on any atom is 0.326 e. The summed E-state index contributed by atoms with van der Waals surface area (Å²) in [5.74, 6) is -1.32. The van der Waals surface area contributed by atoms with E-state index < -0.39 is 12.0 Å². The average molecular weight is 355 g/mol. The summed E-state index contributed by atoms with van der Waals surface area (Å²) >= 11 is 0. The highest BCUT2D eigenvalue weighted by atomic mass is 16.5. The Labute approximate surface area is 151 Å². The van der Waals surface area contributed by atoms with Crippen LogP contribution in [0.25, 0.3) is 0 Å². The van der Waals surface area contributed by atoms with Crippen molar-refractivity contribution in [2.45, 2.75) is 37.5 Å². The van der Waals surface area contributed by atoms with Gasteiger partial charge in [-0.05, 0) is 18.1 Å². The smallest absolute Gasteiger partial charge is 0.326 e. The van der Waals surface area contributed by atoms with Crippen molar-refractivity contribution in [3.05, 3.63) is 53.3 Å². The molecule has 0 aliphatic carbocycles. The van der Waals surface area contributed by atoms with Crippen LogP contribution in [0.15, 0.2) is 36.4 Å². The summed E-state index contributed by atoms with van der Waals surface area (Å²) in [6.45, 7) is 0.562. The van der Waals surface area contributed by atoms with Crippen LogP contribution in [-0.2, 0) is 23.0 Å². The molecule has 0 radical (unpaired) electrons. The molecule has 2 aromatic rings. The molecule has 0 spiro atoms. The Hall–Kier alpha value is -2.67. The Morgan fingerprint density at radius 3 is 2.81 bits per heavy atom. The lowest BCUT2D eigenvalue weighted by molar-refractivity contribution is -0.141. The van der Waals surface area contributed by atoms with Crippen molar-refractivity contribution in [3.63, 3.8) is 0 Å². The molecule has 0 unspecified atom stereocenters. The van der Waals surface area contributed by atoms with Gasteiger partial charge in [0.2, 0.25) is 0 Å². The lowest BCUT2D eigenvalue weighted by atomic mass is 10.1. The molecule has 1 amide bonds. The molecule has 136 valence electrons. The van der Waals surface area contributed by atoms with E-state index in [4.69, 9.17) is 4.74 Å². The summed E-state index contributed by atoms with van der Waals surface area (Å²) in [6, 6.07) is 10.7. The normalized spacial score (nSPS) is 24.7. The van der Waals surface area contributed by atoms with E-state index in [0.29, 0.717) is 25.9 Å². The quantitative estimate of drug-likeness (QED) is 0.898. The molecule has 2 saturated heterocycles. The second kappa shape index (κ2) is 6.57. The summed E-state index contributed by atoms with van der Waals surface area (Å²) in [5, 5.41) is 13.9. The minimum Gasteiger partial charge on any atom is -0.480 e. The molecular formula is C19H21N3O4. The second-order valence-corrected chi connectivity index (χ2v) is 6.87. The molecule has 2 aliphatic rings. The van der Waals surface area contributed by atoms with E-state index in [1.165, 1.54) is 4.90 Å². The third-order valence-electron chi connectivity index (χ3n) is 5.27. The molecule has 0 saturated carbocycles. The van der Waals surface area contributed by atoms with Crippen LogP contribution in [0.1, 0.15) is 34.6 Å². The highest BCUT2D eigenvalue weighted by Gasteiger charge is 2.50. The van der Waals surface area contributed by atoms with E-state index in [1.807, 2.05) is 30.3 Å². The topological polar surface area (TPSA) is 84.7 Å². The van der Waals surface area contributed by atoms with Gasteiger partial charge in [0.15, 0.2) is 5.69 Å². The standard InChI is InChI=1S/C19H21N3O4/c1-21-13(9-12-5-3-2-4-6-12)10-14(20-21)18(23)22-15-7-8-26-17(15)11-16(22)19(24)25/h2-6,10,15-17H,7-9,11H2,1H3,(H,24,25)/t15-,16-,17-/m0/s1. The molecule has 3 heterocycles. The molecule has 1 aromatic heterocycles. The molecule has 7 nitrogen and oxygen atoms in total. The van der Waals surface area contributed by atoms with Crippen molar-refractivity contribution in [1.82, 2.24) is 14.7 Å². The molecule has 2 fully saturated rings. The molecular weight excluding hydrogens is 334 g/mol. The Kier molecular flexibility index (Phi) is 4.24. The van der Waals surface area contributed by atoms with Crippen molar-refractivity contribution in [2.24, 2.45) is 7.05 Å². The fraction of sp³-hybridized carbons (Fsp3) is 0.421. The summed E-state index contributed by atoms with van der Waals surface area (Å²) in [7, 11) is 1.80. The van der Waals surface area contributed by atoms with Gasteiger partial charge in [0.25, 0.3) is 5.91 Å². The number of nitrogens with zero attached hydrogens (tertiary/aromatic N) is 3. The van der Waals surface area contributed by atoms with Crippen LogP contribution < -0.4 is 0 Å². The maximum absolute atomic E-state index is 13.1. The van der Waals surface area contributed by atoms with Gasteiger partial charge in [-0.2, -0.15) is 5.10 Å². The predicted octanol–water partition coefficient (Wildman–Crippen LogP) is 1.47. The van der Waals surface area contributed by atoms with Gasteiger partial charge < -0.3 is 14.7 Å². The number of fused-ring (bicyclic) bond motifs is 1. The summed E-state index contributed by atoms with van der Waals surface area (Å²) in [6.07, 6.45) is 1.49. The number of aryl methyl sites for hydroxylation is 1. The van der Waals surface area contributed by atoms with Crippen LogP contribution in [0.2, 0.25) is 0 Å². The van der Waals surface area contributed by atoms with E-state index in [-0.39, 0.29) is 23.7 Å². The lowest BCUT2D eigenvalue weighted by Crippen LogP contribution is -2.45. The number of carbonyl (C=O) groups is 2. The number of aromatic nitrogens is 2. The fourth-order valence-corrected chi connectivity index (χ4v) is 3.97. The highest BCUT2D eigenvalue weighted by molar-refractivity contribution is 5.96. The molecule has 2 aliphatic heterocycles. The van der Waals surface area contributed by atoms with Gasteiger partial charge in [-0.15, -0.1) is 0 Å². The zero-order valence-corrected chi connectivity index (χ0v) is 14.5. The first-order valence-corrected chi connectivity index (χ1v) is 8.78. The number of likely N-dealkylation sites (tertiary alicyclic amines) is 1. The van der Waals surface area contributed by atoms with Gasteiger partial charge in [0.05, 0.1) is 12.1 Å². The van der Waals surface area contributed by atoms with E-state index in [1.54, 1.807) is 17.8 Å². The van der Waals surface area contributed by atoms with E-state index in [2.05, 4.69) is 5.10 Å². The Morgan fingerprint density at radius 1 is 1.31 bits per heavy atom. The largest absolute Gasteiger partial charge is 0.480 e. The van der Waals surface area contributed by atoms with E-state index in [9.17, 15) is 14.7 Å². The molecule has 3 atom stereocenters. The molecule has 26 heavy (non-hydrogen) atoms. The summed E-state index contributed by atoms with van der Waals surface area (Å²) < 4.78 is 7.29. The summed E-state index contributed by atoms with van der Waals surface area (Å²) in [4.78, 5) is 26.1. The summed E-state index contributed by atoms with van der Waals surface area (Å²) in [5.41, 5.74) is 2.32. The predicted molar refractivity (Wildman–Crippen MR) is 92.8 cm³/mol. The minimum absolute atomic E-state index is 0.178. The first-order valence-electron chi connectivity index (χ1n) is 8.78. The monoisotopic (exact) mass is 355 g/mol. The number of carboxylic acids is 1. The van der Waals surface area contributed by atoms with Gasteiger partial charge in [0.1, 0.15) is 6.04 Å². The number of rotatable bonds is 4.